The van der Waals surface area contributed by atoms with Crippen LogP contribution in [0.4, 0.5) is 0 Å². The van der Waals surface area contributed by atoms with Gasteiger partial charge in [-0.15, -0.1) is 0 Å². The predicted octanol–water partition coefficient (Wildman–Crippen LogP) is 3.12. The van der Waals surface area contributed by atoms with Crippen molar-refractivity contribution in [1.82, 2.24) is 0 Å². The lowest BCUT2D eigenvalue weighted by molar-refractivity contribution is 0.257. The lowest BCUT2D eigenvalue weighted by Gasteiger charge is -1.90. The second-order valence-electron chi connectivity index (χ2n) is 3.57. The van der Waals surface area contributed by atoms with Crippen molar-refractivity contribution < 1.29 is 10.2 Å². The van der Waals surface area contributed by atoms with Crippen LogP contribution in [0.3, 0.4) is 0 Å². The first kappa shape index (κ1) is 16.4. The Morgan fingerprint density at radius 1 is 0.571 bits per heavy atom. The molecule has 0 rings (SSSR count). The zero-order valence-corrected chi connectivity index (χ0v) is 9.97. The zero-order valence-electron chi connectivity index (χ0n) is 9.97. The van der Waals surface area contributed by atoms with E-state index in [1.54, 1.807) is 0 Å². The van der Waals surface area contributed by atoms with E-state index in [4.69, 9.17) is 10.2 Å². The molecule has 88 valence electrons. The molecule has 0 spiro atoms. The van der Waals surface area contributed by atoms with Gasteiger partial charge in [-0.1, -0.05) is 46.0 Å². The van der Waals surface area contributed by atoms with Gasteiger partial charge in [-0.05, 0) is 19.3 Å². The summed E-state index contributed by atoms with van der Waals surface area (Å²) in [7, 11) is 0. The molecule has 2 N–H and O–H groups in total. The Morgan fingerprint density at radius 2 is 0.929 bits per heavy atom. The zero-order chi connectivity index (χ0) is 11.1. The molecule has 2 nitrogen and oxygen atoms in total. The highest BCUT2D eigenvalue weighted by Crippen LogP contribution is 2.00. The van der Waals surface area contributed by atoms with Gasteiger partial charge in [0.1, 0.15) is 0 Å². The lowest BCUT2D eigenvalue weighted by atomic mass is 10.2. The number of aliphatic hydroxyl groups is 2. The van der Waals surface area contributed by atoms with Crippen molar-refractivity contribution in [3.05, 3.63) is 0 Å². The van der Waals surface area contributed by atoms with Crippen LogP contribution in [0, 0.1) is 0 Å². The van der Waals surface area contributed by atoms with Crippen molar-refractivity contribution >= 4 is 0 Å². The molecule has 0 radical (unpaired) electrons. The highest BCUT2D eigenvalue weighted by molar-refractivity contribution is 4.36. The van der Waals surface area contributed by atoms with E-state index in [9.17, 15) is 0 Å². The van der Waals surface area contributed by atoms with Gasteiger partial charge in [-0.3, -0.25) is 0 Å². The average Bonchev–Trinajstić information content (AvgIpc) is 2.21. The number of unbranched alkanes of at least 4 members (excludes halogenated alkanes) is 6. The van der Waals surface area contributed by atoms with Crippen molar-refractivity contribution in [3.8, 4) is 0 Å². The fourth-order valence-electron chi connectivity index (χ4n) is 1.08. The predicted molar refractivity (Wildman–Crippen MR) is 62.5 cm³/mol. The van der Waals surface area contributed by atoms with Gasteiger partial charge in [0, 0.05) is 13.2 Å². The molecule has 0 unspecified atom stereocenters. The van der Waals surface area contributed by atoms with E-state index >= 15 is 0 Å². The number of hydrogen-bond donors (Lipinski definition) is 2. The van der Waals surface area contributed by atoms with E-state index in [0.717, 1.165) is 19.3 Å². The van der Waals surface area contributed by atoms with Crippen molar-refractivity contribution in [2.24, 2.45) is 0 Å². The molecular weight excluding hydrogens is 176 g/mol. The van der Waals surface area contributed by atoms with Crippen LogP contribution >= 0.6 is 0 Å². The first-order valence-electron chi connectivity index (χ1n) is 6.05. The molecule has 0 amide bonds. The number of aliphatic hydroxyl groups excluding tert-OH is 2. The second-order valence-corrected chi connectivity index (χ2v) is 3.57. The normalized spacial score (nSPS) is 9.43. The summed E-state index contributed by atoms with van der Waals surface area (Å²) in [5.41, 5.74) is 0. The minimum absolute atomic E-state index is 0.250. The molecule has 0 aliphatic rings. The average molecular weight is 204 g/mol. The summed E-state index contributed by atoms with van der Waals surface area (Å²) in [6.45, 7) is 4.99. The van der Waals surface area contributed by atoms with Crippen LogP contribution < -0.4 is 0 Å². The molecule has 0 atom stereocenters. The molecule has 0 aromatic heterocycles. The Kier molecular flexibility index (Phi) is 21.8. The molecule has 0 saturated heterocycles. The summed E-state index contributed by atoms with van der Waals surface area (Å²) in [4.78, 5) is 0. The van der Waals surface area contributed by atoms with Gasteiger partial charge in [0.25, 0.3) is 0 Å². The van der Waals surface area contributed by atoms with Gasteiger partial charge in [-0.25, -0.2) is 0 Å². The van der Waals surface area contributed by atoms with Gasteiger partial charge in [0.05, 0.1) is 0 Å². The van der Waals surface area contributed by atoms with Crippen LogP contribution in [0.15, 0.2) is 0 Å². The SMILES string of the molecule is CCCCCCC.OCCCCCO. The number of hydrogen-bond acceptors (Lipinski definition) is 2. The minimum Gasteiger partial charge on any atom is -0.396 e. The van der Waals surface area contributed by atoms with E-state index < -0.39 is 0 Å². The van der Waals surface area contributed by atoms with E-state index in [0.29, 0.717) is 0 Å². The first-order chi connectivity index (χ1) is 6.83. The standard InChI is InChI=1S/C7H16.C5H12O2/c1-3-5-7-6-4-2;6-4-2-1-3-5-7/h3-7H2,1-2H3;6-7H,1-5H2. The van der Waals surface area contributed by atoms with Crippen LogP contribution in [-0.2, 0) is 0 Å². The van der Waals surface area contributed by atoms with Crippen LogP contribution in [0.25, 0.3) is 0 Å². The molecule has 0 fully saturated rings. The van der Waals surface area contributed by atoms with Crippen LogP contribution in [0.1, 0.15) is 65.2 Å². The van der Waals surface area contributed by atoms with Crippen molar-refractivity contribution in [3.63, 3.8) is 0 Å². The highest BCUT2D eigenvalue weighted by Gasteiger charge is 1.81. The Labute approximate surface area is 89.3 Å². The fourth-order valence-corrected chi connectivity index (χ4v) is 1.08. The molecule has 0 bridgehead atoms. The summed E-state index contributed by atoms with van der Waals surface area (Å²) in [6, 6.07) is 0. The van der Waals surface area contributed by atoms with Crippen molar-refractivity contribution in [2.45, 2.75) is 65.2 Å². The molecule has 0 heterocycles. The monoisotopic (exact) mass is 204 g/mol. The van der Waals surface area contributed by atoms with Gasteiger partial charge < -0.3 is 10.2 Å². The third-order valence-electron chi connectivity index (χ3n) is 2.02. The van der Waals surface area contributed by atoms with Crippen LogP contribution in [0.5, 0.6) is 0 Å². The molecule has 0 aromatic rings. The second kappa shape index (κ2) is 18.7. The van der Waals surface area contributed by atoms with E-state index in [2.05, 4.69) is 13.8 Å². The van der Waals surface area contributed by atoms with E-state index in [-0.39, 0.29) is 13.2 Å². The van der Waals surface area contributed by atoms with Crippen LogP contribution in [-0.4, -0.2) is 23.4 Å². The fraction of sp³-hybridized carbons (Fsp3) is 1.00. The maximum absolute atomic E-state index is 8.21. The topological polar surface area (TPSA) is 40.5 Å². The maximum atomic E-state index is 8.21. The third-order valence-corrected chi connectivity index (χ3v) is 2.02. The Morgan fingerprint density at radius 3 is 1.21 bits per heavy atom. The van der Waals surface area contributed by atoms with E-state index in [1.807, 2.05) is 0 Å². The van der Waals surface area contributed by atoms with E-state index in [1.165, 1.54) is 32.1 Å². The first-order valence-corrected chi connectivity index (χ1v) is 6.05. The quantitative estimate of drug-likeness (QED) is 0.596. The van der Waals surface area contributed by atoms with Crippen molar-refractivity contribution in [2.75, 3.05) is 13.2 Å². The number of rotatable bonds is 8. The summed E-state index contributed by atoms with van der Waals surface area (Å²) in [6.07, 6.45) is 9.59. The Bertz CT molecular complexity index is 56.7. The van der Waals surface area contributed by atoms with Gasteiger partial charge in [0.2, 0.25) is 0 Å². The van der Waals surface area contributed by atoms with Crippen LogP contribution in [0.2, 0.25) is 0 Å². The third kappa shape index (κ3) is 22.7. The summed E-state index contributed by atoms with van der Waals surface area (Å²) in [5.74, 6) is 0. The molecule has 2 heteroatoms. The lowest BCUT2D eigenvalue weighted by Crippen LogP contribution is -1.85. The molecule has 0 aliphatic carbocycles. The Hall–Kier alpha value is -0.0800. The van der Waals surface area contributed by atoms with Gasteiger partial charge in [-0.2, -0.15) is 0 Å². The molecule has 0 saturated carbocycles. The molecule has 14 heavy (non-hydrogen) atoms. The minimum atomic E-state index is 0.250. The van der Waals surface area contributed by atoms with Gasteiger partial charge >= 0.3 is 0 Å². The largest absolute Gasteiger partial charge is 0.396 e. The molecule has 0 aliphatic heterocycles. The molecule has 0 aromatic carbocycles. The smallest absolute Gasteiger partial charge is 0.0431 e. The Balaban J connectivity index is 0. The molecular formula is C12H28O2. The summed E-state index contributed by atoms with van der Waals surface area (Å²) >= 11 is 0. The summed E-state index contributed by atoms with van der Waals surface area (Å²) < 4.78 is 0. The maximum Gasteiger partial charge on any atom is 0.0431 e. The van der Waals surface area contributed by atoms with Crippen molar-refractivity contribution in [1.29, 1.82) is 0 Å². The summed E-state index contributed by atoms with van der Waals surface area (Å²) in [5, 5.41) is 16.4. The highest BCUT2D eigenvalue weighted by atomic mass is 16.3. The van der Waals surface area contributed by atoms with Gasteiger partial charge in [0.15, 0.2) is 0 Å².